The highest BCUT2D eigenvalue weighted by molar-refractivity contribution is 9.10. The molecule has 0 aliphatic rings. The van der Waals surface area contributed by atoms with Crippen LogP contribution in [0.2, 0.25) is 0 Å². The van der Waals surface area contributed by atoms with Crippen LogP contribution in [0.5, 0.6) is 0 Å². The average Bonchev–Trinajstić information content (AvgIpc) is 2.46. The summed E-state index contributed by atoms with van der Waals surface area (Å²) < 4.78 is 6.10. The van der Waals surface area contributed by atoms with E-state index in [-0.39, 0.29) is 0 Å². The van der Waals surface area contributed by atoms with Crippen molar-refractivity contribution in [2.24, 2.45) is 11.7 Å². The van der Waals surface area contributed by atoms with E-state index in [1.807, 2.05) is 18.2 Å². The minimum atomic E-state index is 0.467. The molecule has 0 aliphatic carbocycles. The van der Waals surface area contributed by atoms with Crippen LogP contribution in [0.1, 0.15) is 19.6 Å². The lowest BCUT2D eigenvalue weighted by atomic mass is 10.0. The number of nitrogens with two attached hydrogens (primary N) is 1. The second-order valence-electron chi connectivity index (χ2n) is 3.22. The second kappa shape index (κ2) is 4.63. The van der Waals surface area contributed by atoms with Crippen LogP contribution in [-0.4, -0.2) is 6.54 Å². The van der Waals surface area contributed by atoms with Gasteiger partial charge in [-0.3, -0.25) is 0 Å². The summed E-state index contributed by atoms with van der Waals surface area (Å²) in [7, 11) is 0. The summed E-state index contributed by atoms with van der Waals surface area (Å²) in [6, 6.07) is 3.79. The van der Waals surface area contributed by atoms with Gasteiger partial charge in [0.1, 0.15) is 5.76 Å². The molecule has 0 aromatic carbocycles. The van der Waals surface area contributed by atoms with Crippen molar-refractivity contribution < 1.29 is 4.42 Å². The lowest BCUT2D eigenvalue weighted by Crippen LogP contribution is -2.07. The maximum absolute atomic E-state index is 5.61. The molecule has 1 aromatic rings. The van der Waals surface area contributed by atoms with Gasteiger partial charge < -0.3 is 10.2 Å². The van der Waals surface area contributed by atoms with Gasteiger partial charge in [-0.25, -0.2) is 0 Å². The zero-order chi connectivity index (χ0) is 9.84. The number of furan rings is 1. The summed E-state index contributed by atoms with van der Waals surface area (Å²) >= 11 is 3.25. The van der Waals surface area contributed by atoms with Crippen LogP contribution in [0.15, 0.2) is 26.8 Å². The molecule has 0 spiro atoms. The summed E-state index contributed by atoms with van der Waals surface area (Å²) in [5.74, 6) is 1.31. The maximum atomic E-state index is 5.61. The van der Waals surface area contributed by atoms with Gasteiger partial charge in [0, 0.05) is 6.54 Å². The van der Waals surface area contributed by atoms with E-state index in [4.69, 9.17) is 10.2 Å². The first-order valence-electron chi connectivity index (χ1n) is 4.29. The van der Waals surface area contributed by atoms with Crippen LogP contribution in [0.4, 0.5) is 0 Å². The monoisotopic (exact) mass is 243 g/mol. The van der Waals surface area contributed by atoms with Crippen LogP contribution in [0.3, 0.4) is 0 Å². The summed E-state index contributed by atoms with van der Waals surface area (Å²) in [6.45, 7) is 4.82. The van der Waals surface area contributed by atoms with E-state index in [2.05, 4.69) is 29.8 Å². The molecule has 0 radical (unpaired) electrons. The first-order chi connectivity index (χ1) is 6.13. The SMILES string of the molecule is CC(C)C(=Cc1ccc(Br)o1)CN. The summed E-state index contributed by atoms with van der Waals surface area (Å²) in [5.41, 5.74) is 6.80. The fourth-order valence-corrected chi connectivity index (χ4v) is 1.37. The summed E-state index contributed by atoms with van der Waals surface area (Å²) in [4.78, 5) is 0. The number of hydrogen-bond acceptors (Lipinski definition) is 2. The molecular weight excluding hydrogens is 230 g/mol. The molecule has 0 atom stereocenters. The molecule has 0 aliphatic heterocycles. The minimum Gasteiger partial charge on any atom is -0.450 e. The Hall–Kier alpha value is -0.540. The molecule has 13 heavy (non-hydrogen) atoms. The van der Waals surface area contributed by atoms with Gasteiger partial charge in [0.15, 0.2) is 4.67 Å². The molecule has 1 rings (SSSR count). The van der Waals surface area contributed by atoms with Gasteiger partial charge in [0.2, 0.25) is 0 Å². The van der Waals surface area contributed by atoms with E-state index in [0.717, 1.165) is 10.4 Å². The molecule has 1 aromatic heterocycles. The molecule has 0 amide bonds. The third-order valence-electron chi connectivity index (χ3n) is 1.90. The van der Waals surface area contributed by atoms with Crippen LogP contribution in [-0.2, 0) is 0 Å². The molecule has 0 fully saturated rings. The van der Waals surface area contributed by atoms with Gasteiger partial charge in [-0.15, -0.1) is 0 Å². The topological polar surface area (TPSA) is 39.2 Å². The highest BCUT2D eigenvalue weighted by atomic mass is 79.9. The van der Waals surface area contributed by atoms with Crippen molar-refractivity contribution in [1.82, 2.24) is 0 Å². The van der Waals surface area contributed by atoms with E-state index in [0.29, 0.717) is 12.5 Å². The van der Waals surface area contributed by atoms with Crippen LogP contribution < -0.4 is 5.73 Å². The van der Waals surface area contributed by atoms with E-state index in [1.54, 1.807) is 0 Å². The fourth-order valence-electron chi connectivity index (χ4n) is 1.05. The van der Waals surface area contributed by atoms with E-state index in [1.165, 1.54) is 5.57 Å². The fraction of sp³-hybridized carbons (Fsp3) is 0.400. The first kappa shape index (κ1) is 10.5. The molecule has 2 nitrogen and oxygen atoms in total. The Bertz CT molecular complexity index is 302. The highest BCUT2D eigenvalue weighted by Crippen LogP contribution is 2.18. The Morgan fingerprint density at radius 3 is 2.69 bits per heavy atom. The Morgan fingerprint density at radius 1 is 1.62 bits per heavy atom. The summed E-state index contributed by atoms with van der Waals surface area (Å²) in [5, 5.41) is 0. The Kier molecular flexibility index (Phi) is 3.75. The molecule has 0 saturated heterocycles. The van der Waals surface area contributed by atoms with Crippen LogP contribution >= 0.6 is 15.9 Å². The van der Waals surface area contributed by atoms with Gasteiger partial charge in [-0.2, -0.15) is 0 Å². The molecule has 0 unspecified atom stereocenters. The molecule has 72 valence electrons. The van der Waals surface area contributed by atoms with Crippen molar-refractivity contribution in [1.29, 1.82) is 0 Å². The second-order valence-corrected chi connectivity index (χ2v) is 4.00. The van der Waals surface area contributed by atoms with Crippen molar-refractivity contribution in [2.45, 2.75) is 13.8 Å². The van der Waals surface area contributed by atoms with Gasteiger partial charge >= 0.3 is 0 Å². The Balaban J connectivity index is 2.84. The molecule has 0 saturated carbocycles. The largest absolute Gasteiger partial charge is 0.450 e. The lowest BCUT2D eigenvalue weighted by molar-refractivity contribution is 0.530. The van der Waals surface area contributed by atoms with Crippen molar-refractivity contribution in [3.8, 4) is 0 Å². The van der Waals surface area contributed by atoms with Gasteiger partial charge in [-0.05, 0) is 40.1 Å². The third-order valence-corrected chi connectivity index (χ3v) is 2.33. The number of hydrogen-bond donors (Lipinski definition) is 1. The molecule has 0 bridgehead atoms. The molecule has 1 heterocycles. The predicted molar refractivity (Wildman–Crippen MR) is 58.3 cm³/mol. The van der Waals surface area contributed by atoms with Gasteiger partial charge in [-0.1, -0.05) is 19.4 Å². The normalized spacial score (nSPS) is 12.5. The van der Waals surface area contributed by atoms with Crippen molar-refractivity contribution in [3.63, 3.8) is 0 Å². The third kappa shape index (κ3) is 3.01. The molecule has 2 N–H and O–H groups in total. The minimum absolute atomic E-state index is 0.467. The lowest BCUT2D eigenvalue weighted by Gasteiger charge is -2.06. The Morgan fingerprint density at radius 2 is 2.31 bits per heavy atom. The molecular formula is C10H14BrNO. The number of halogens is 1. The van der Waals surface area contributed by atoms with Crippen molar-refractivity contribution >= 4 is 22.0 Å². The van der Waals surface area contributed by atoms with Crippen molar-refractivity contribution in [3.05, 3.63) is 28.1 Å². The summed E-state index contributed by atoms with van der Waals surface area (Å²) in [6.07, 6.45) is 2.00. The van der Waals surface area contributed by atoms with Gasteiger partial charge in [0.25, 0.3) is 0 Å². The zero-order valence-electron chi connectivity index (χ0n) is 7.88. The van der Waals surface area contributed by atoms with E-state index < -0.39 is 0 Å². The number of rotatable bonds is 3. The standard InChI is InChI=1S/C10H14BrNO/c1-7(2)8(6-12)5-9-3-4-10(11)13-9/h3-5,7H,6,12H2,1-2H3. The van der Waals surface area contributed by atoms with Crippen molar-refractivity contribution in [2.75, 3.05) is 6.54 Å². The van der Waals surface area contributed by atoms with Gasteiger partial charge in [0.05, 0.1) is 0 Å². The van der Waals surface area contributed by atoms with E-state index in [9.17, 15) is 0 Å². The predicted octanol–water partition coefficient (Wildman–Crippen LogP) is 3.04. The maximum Gasteiger partial charge on any atom is 0.169 e. The van der Waals surface area contributed by atoms with Crippen LogP contribution in [0.25, 0.3) is 6.08 Å². The quantitative estimate of drug-likeness (QED) is 0.887. The van der Waals surface area contributed by atoms with E-state index >= 15 is 0 Å². The smallest absolute Gasteiger partial charge is 0.169 e. The highest BCUT2D eigenvalue weighted by Gasteiger charge is 2.02. The molecule has 3 heteroatoms. The Labute approximate surface area is 86.9 Å². The zero-order valence-corrected chi connectivity index (χ0v) is 9.47. The first-order valence-corrected chi connectivity index (χ1v) is 5.08. The average molecular weight is 244 g/mol. The van der Waals surface area contributed by atoms with Crippen LogP contribution in [0, 0.1) is 5.92 Å².